The molecule has 0 unspecified atom stereocenters. The molecule has 0 aromatic carbocycles. The van der Waals surface area contributed by atoms with Crippen LogP contribution >= 0.6 is 0 Å². The molecule has 4 nitrogen and oxygen atoms in total. The van der Waals surface area contributed by atoms with Crippen LogP contribution in [0.5, 0.6) is 0 Å². The van der Waals surface area contributed by atoms with Gasteiger partial charge in [-0.3, -0.25) is 0 Å². The van der Waals surface area contributed by atoms with Gasteiger partial charge in [0.1, 0.15) is 17.5 Å². The molecular formula is C10H16N4. The number of nitrogens with one attached hydrogen (secondary N) is 1. The summed E-state index contributed by atoms with van der Waals surface area (Å²) in [5.74, 6) is 2.28. The second kappa shape index (κ2) is 3.82. The number of aryl methyl sites for hydroxylation is 1. The first-order chi connectivity index (χ1) is 6.78. The minimum absolute atomic E-state index is 0.562. The van der Waals surface area contributed by atoms with Crippen molar-refractivity contribution in [3.63, 3.8) is 0 Å². The standard InChI is InChI=1S/C10H16N4/c1-2-3-9-13-8(11)6-10(14-9)12-7-4-5-7/h6-7H,2-5H2,1H3,(H3,11,12,13,14). The number of anilines is 2. The number of nitrogen functional groups attached to an aromatic ring is 1. The Bertz CT molecular complexity index is 320. The number of rotatable bonds is 4. The summed E-state index contributed by atoms with van der Waals surface area (Å²) >= 11 is 0. The lowest BCUT2D eigenvalue weighted by Crippen LogP contribution is -2.07. The first-order valence-corrected chi connectivity index (χ1v) is 5.18. The van der Waals surface area contributed by atoms with E-state index >= 15 is 0 Å². The lowest BCUT2D eigenvalue weighted by atomic mass is 10.3. The fourth-order valence-corrected chi connectivity index (χ4v) is 1.36. The number of aromatic nitrogens is 2. The van der Waals surface area contributed by atoms with E-state index in [0.29, 0.717) is 11.9 Å². The van der Waals surface area contributed by atoms with E-state index in [1.165, 1.54) is 12.8 Å². The predicted octanol–water partition coefficient (Wildman–Crippen LogP) is 1.59. The van der Waals surface area contributed by atoms with Gasteiger partial charge in [0.15, 0.2) is 0 Å². The summed E-state index contributed by atoms with van der Waals surface area (Å²) in [5.41, 5.74) is 5.69. The molecule has 1 aromatic heterocycles. The summed E-state index contributed by atoms with van der Waals surface area (Å²) in [5, 5.41) is 3.32. The number of hydrogen-bond donors (Lipinski definition) is 2. The summed E-state index contributed by atoms with van der Waals surface area (Å²) in [6.07, 6.45) is 4.43. The Hall–Kier alpha value is -1.32. The van der Waals surface area contributed by atoms with Gasteiger partial charge in [0, 0.05) is 18.5 Å². The van der Waals surface area contributed by atoms with Crippen LogP contribution in [-0.4, -0.2) is 16.0 Å². The van der Waals surface area contributed by atoms with Crippen LogP contribution in [0.1, 0.15) is 32.0 Å². The van der Waals surface area contributed by atoms with Crippen molar-refractivity contribution in [3.05, 3.63) is 11.9 Å². The van der Waals surface area contributed by atoms with Gasteiger partial charge in [-0.1, -0.05) is 6.92 Å². The molecule has 1 aliphatic rings. The fraction of sp³-hybridized carbons (Fsp3) is 0.600. The molecule has 1 aliphatic carbocycles. The molecule has 1 fully saturated rings. The van der Waals surface area contributed by atoms with Crippen molar-refractivity contribution >= 4 is 11.6 Å². The van der Waals surface area contributed by atoms with Crippen LogP contribution in [-0.2, 0) is 6.42 Å². The van der Waals surface area contributed by atoms with E-state index < -0.39 is 0 Å². The van der Waals surface area contributed by atoms with Crippen molar-refractivity contribution in [1.82, 2.24) is 9.97 Å². The van der Waals surface area contributed by atoms with E-state index in [1.807, 2.05) is 0 Å². The highest BCUT2D eigenvalue weighted by Crippen LogP contribution is 2.24. The molecule has 0 aliphatic heterocycles. The first kappa shape index (κ1) is 9.24. The van der Waals surface area contributed by atoms with Crippen LogP contribution in [0.15, 0.2) is 6.07 Å². The molecular weight excluding hydrogens is 176 g/mol. The van der Waals surface area contributed by atoms with Crippen molar-refractivity contribution in [1.29, 1.82) is 0 Å². The summed E-state index contributed by atoms with van der Waals surface area (Å²) in [6, 6.07) is 2.41. The largest absolute Gasteiger partial charge is 0.384 e. The maximum atomic E-state index is 5.69. The van der Waals surface area contributed by atoms with Crippen molar-refractivity contribution in [2.24, 2.45) is 0 Å². The van der Waals surface area contributed by atoms with Crippen LogP contribution < -0.4 is 11.1 Å². The summed E-state index contributed by atoms with van der Waals surface area (Å²) in [6.45, 7) is 2.11. The van der Waals surface area contributed by atoms with E-state index in [1.54, 1.807) is 6.07 Å². The van der Waals surface area contributed by atoms with Gasteiger partial charge in [-0.05, 0) is 19.3 Å². The van der Waals surface area contributed by atoms with Crippen LogP contribution in [0, 0.1) is 0 Å². The van der Waals surface area contributed by atoms with Crippen molar-refractivity contribution in [3.8, 4) is 0 Å². The van der Waals surface area contributed by atoms with Gasteiger partial charge in [-0.15, -0.1) is 0 Å². The van der Waals surface area contributed by atoms with E-state index in [-0.39, 0.29) is 0 Å². The monoisotopic (exact) mass is 192 g/mol. The van der Waals surface area contributed by atoms with Crippen LogP contribution in [0.4, 0.5) is 11.6 Å². The SMILES string of the molecule is CCCc1nc(N)cc(NC2CC2)n1. The second-order valence-corrected chi connectivity index (χ2v) is 3.76. The minimum atomic E-state index is 0.562. The molecule has 0 amide bonds. The molecule has 14 heavy (non-hydrogen) atoms. The molecule has 0 spiro atoms. The third-order valence-electron chi connectivity index (χ3n) is 2.20. The van der Waals surface area contributed by atoms with E-state index in [2.05, 4.69) is 22.2 Å². The van der Waals surface area contributed by atoms with E-state index in [9.17, 15) is 0 Å². The first-order valence-electron chi connectivity index (χ1n) is 5.18. The summed E-state index contributed by atoms with van der Waals surface area (Å²) in [4.78, 5) is 8.58. The highest BCUT2D eigenvalue weighted by molar-refractivity contribution is 5.46. The van der Waals surface area contributed by atoms with Crippen molar-refractivity contribution in [2.45, 2.75) is 38.6 Å². The maximum absolute atomic E-state index is 5.69. The van der Waals surface area contributed by atoms with Gasteiger partial charge >= 0.3 is 0 Å². The molecule has 4 heteroatoms. The molecule has 0 atom stereocenters. The highest BCUT2D eigenvalue weighted by Gasteiger charge is 2.21. The summed E-state index contributed by atoms with van der Waals surface area (Å²) in [7, 11) is 0. The zero-order valence-electron chi connectivity index (χ0n) is 8.45. The van der Waals surface area contributed by atoms with Gasteiger partial charge in [0.2, 0.25) is 0 Å². The third-order valence-corrected chi connectivity index (χ3v) is 2.20. The Morgan fingerprint density at radius 2 is 2.29 bits per heavy atom. The quantitative estimate of drug-likeness (QED) is 0.760. The maximum Gasteiger partial charge on any atom is 0.133 e. The van der Waals surface area contributed by atoms with Crippen LogP contribution in [0.2, 0.25) is 0 Å². The smallest absolute Gasteiger partial charge is 0.133 e. The zero-order valence-corrected chi connectivity index (χ0v) is 8.45. The fourth-order valence-electron chi connectivity index (χ4n) is 1.36. The van der Waals surface area contributed by atoms with Gasteiger partial charge < -0.3 is 11.1 Å². The Kier molecular flexibility index (Phi) is 2.52. The molecule has 0 radical (unpaired) electrons. The molecule has 76 valence electrons. The Labute approximate surface area is 83.9 Å². The molecule has 1 aromatic rings. The van der Waals surface area contributed by atoms with E-state index in [4.69, 9.17) is 5.73 Å². The molecule has 2 rings (SSSR count). The molecule has 1 saturated carbocycles. The van der Waals surface area contributed by atoms with E-state index in [0.717, 1.165) is 24.5 Å². The molecule has 1 heterocycles. The molecule has 0 saturated heterocycles. The third kappa shape index (κ3) is 2.34. The highest BCUT2D eigenvalue weighted by atomic mass is 15.1. The van der Waals surface area contributed by atoms with Crippen LogP contribution in [0.3, 0.4) is 0 Å². The topological polar surface area (TPSA) is 63.8 Å². The molecule has 3 N–H and O–H groups in total. The predicted molar refractivity (Wildman–Crippen MR) is 57.1 cm³/mol. The number of nitrogens with two attached hydrogens (primary N) is 1. The lowest BCUT2D eigenvalue weighted by Gasteiger charge is -2.06. The second-order valence-electron chi connectivity index (χ2n) is 3.76. The average molecular weight is 192 g/mol. The van der Waals surface area contributed by atoms with Gasteiger partial charge in [-0.25, -0.2) is 9.97 Å². The van der Waals surface area contributed by atoms with Crippen molar-refractivity contribution < 1.29 is 0 Å². The van der Waals surface area contributed by atoms with Crippen LogP contribution in [0.25, 0.3) is 0 Å². The lowest BCUT2D eigenvalue weighted by molar-refractivity contribution is 0.836. The Balaban J connectivity index is 2.12. The van der Waals surface area contributed by atoms with Gasteiger partial charge in [0.05, 0.1) is 0 Å². The minimum Gasteiger partial charge on any atom is -0.384 e. The van der Waals surface area contributed by atoms with Gasteiger partial charge in [-0.2, -0.15) is 0 Å². The summed E-state index contributed by atoms with van der Waals surface area (Å²) < 4.78 is 0. The zero-order chi connectivity index (χ0) is 9.97. The average Bonchev–Trinajstić information content (AvgIpc) is 2.87. The normalized spacial score (nSPS) is 15.5. The Morgan fingerprint density at radius 1 is 1.50 bits per heavy atom. The van der Waals surface area contributed by atoms with Gasteiger partial charge in [0.25, 0.3) is 0 Å². The molecule has 0 bridgehead atoms. The van der Waals surface area contributed by atoms with Crippen molar-refractivity contribution in [2.75, 3.05) is 11.1 Å². The Morgan fingerprint density at radius 3 is 2.93 bits per heavy atom. The number of hydrogen-bond acceptors (Lipinski definition) is 4. The number of nitrogens with zero attached hydrogens (tertiary/aromatic N) is 2.